The lowest BCUT2D eigenvalue weighted by Gasteiger charge is -2.04. The first-order valence-electron chi connectivity index (χ1n) is 5.30. The average molecular weight is 193 g/mol. The molecular weight excluding hydrogens is 177 g/mol. The van der Waals surface area contributed by atoms with Crippen LogP contribution >= 0.6 is 0 Å². The number of benzene rings is 1. The molecule has 2 rings (SSSR count). The minimum atomic E-state index is -0.105. The van der Waals surface area contributed by atoms with Crippen LogP contribution in [-0.4, -0.2) is 6.54 Å². The maximum Gasteiger partial charge on any atom is 0.127 e. The molecule has 1 aliphatic carbocycles. The minimum Gasteiger partial charge on any atom is -0.313 e. The first-order chi connectivity index (χ1) is 6.86. The van der Waals surface area contributed by atoms with E-state index >= 15 is 0 Å². The van der Waals surface area contributed by atoms with Crippen molar-refractivity contribution in [1.29, 1.82) is 0 Å². The Bertz CT molecular complexity index is 294. The molecule has 1 nitrogen and oxygen atoms in total. The fourth-order valence-electron chi connectivity index (χ4n) is 1.58. The first kappa shape index (κ1) is 9.66. The molecule has 14 heavy (non-hydrogen) atoms. The molecule has 1 fully saturated rings. The van der Waals surface area contributed by atoms with Crippen molar-refractivity contribution in [2.45, 2.75) is 25.8 Å². The monoisotopic (exact) mass is 193 g/mol. The highest BCUT2D eigenvalue weighted by molar-refractivity contribution is 5.16. The van der Waals surface area contributed by atoms with Gasteiger partial charge >= 0.3 is 0 Å². The van der Waals surface area contributed by atoms with Gasteiger partial charge in [0.15, 0.2) is 0 Å². The van der Waals surface area contributed by atoms with Crippen molar-refractivity contribution in [2.75, 3.05) is 6.54 Å². The Balaban J connectivity index is 1.71. The summed E-state index contributed by atoms with van der Waals surface area (Å²) in [4.78, 5) is 0. The Kier molecular flexibility index (Phi) is 3.14. The fraction of sp³-hybridized carbons (Fsp3) is 0.500. The molecule has 0 bridgehead atoms. The van der Waals surface area contributed by atoms with E-state index in [1.165, 1.54) is 25.3 Å². The quantitative estimate of drug-likeness (QED) is 0.709. The molecule has 0 saturated heterocycles. The highest BCUT2D eigenvalue weighted by atomic mass is 19.1. The molecule has 76 valence electrons. The molecule has 0 spiro atoms. The van der Waals surface area contributed by atoms with Gasteiger partial charge in [0.05, 0.1) is 0 Å². The molecule has 1 saturated carbocycles. The van der Waals surface area contributed by atoms with Crippen molar-refractivity contribution in [3.05, 3.63) is 35.6 Å². The van der Waals surface area contributed by atoms with E-state index in [2.05, 4.69) is 5.32 Å². The second-order valence-electron chi connectivity index (χ2n) is 4.00. The van der Waals surface area contributed by atoms with Gasteiger partial charge < -0.3 is 5.32 Å². The van der Waals surface area contributed by atoms with Crippen LogP contribution in [0.5, 0.6) is 0 Å². The third-order valence-corrected chi connectivity index (χ3v) is 2.70. The van der Waals surface area contributed by atoms with E-state index in [9.17, 15) is 4.39 Å². The summed E-state index contributed by atoms with van der Waals surface area (Å²) in [7, 11) is 0. The smallest absolute Gasteiger partial charge is 0.127 e. The second kappa shape index (κ2) is 4.56. The van der Waals surface area contributed by atoms with E-state index in [1.807, 2.05) is 12.1 Å². The van der Waals surface area contributed by atoms with Gasteiger partial charge in [-0.05, 0) is 24.9 Å². The molecule has 0 unspecified atom stereocenters. The van der Waals surface area contributed by atoms with Crippen LogP contribution in [0.4, 0.5) is 4.39 Å². The van der Waals surface area contributed by atoms with Crippen LogP contribution in [0.15, 0.2) is 24.3 Å². The van der Waals surface area contributed by atoms with Crippen molar-refractivity contribution in [3.8, 4) is 0 Å². The van der Waals surface area contributed by atoms with Gasteiger partial charge in [-0.15, -0.1) is 0 Å². The van der Waals surface area contributed by atoms with Gasteiger partial charge in [0.25, 0.3) is 0 Å². The highest BCUT2D eigenvalue weighted by Crippen LogP contribution is 2.31. The molecule has 0 aliphatic heterocycles. The summed E-state index contributed by atoms with van der Waals surface area (Å²) in [5.41, 5.74) is 0.767. The minimum absolute atomic E-state index is 0.105. The van der Waals surface area contributed by atoms with Gasteiger partial charge in [0, 0.05) is 12.1 Å². The maximum atomic E-state index is 13.1. The maximum absolute atomic E-state index is 13.1. The van der Waals surface area contributed by atoms with Crippen molar-refractivity contribution in [1.82, 2.24) is 5.32 Å². The average Bonchev–Trinajstić information content (AvgIpc) is 2.99. The zero-order valence-corrected chi connectivity index (χ0v) is 8.30. The van der Waals surface area contributed by atoms with Crippen molar-refractivity contribution >= 4 is 0 Å². The third-order valence-electron chi connectivity index (χ3n) is 2.70. The van der Waals surface area contributed by atoms with Gasteiger partial charge in [-0.2, -0.15) is 0 Å². The SMILES string of the molecule is Fc1ccccc1CNCCC1CC1. The molecule has 1 aromatic rings. The third kappa shape index (κ3) is 2.81. The number of hydrogen-bond donors (Lipinski definition) is 1. The number of hydrogen-bond acceptors (Lipinski definition) is 1. The van der Waals surface area contributed by atoms with Gasteiger partial charge in [0.1, 0.15) is 5.82 Å². The standard InChI is InChI=1S/C12H16FN/c13-12-4-2-1-3-11(12)9-14-8-7-10-5-6-10/h1-4,10,14H,5-9H2. The van der Waals surface area contributed by atoms with Crippen LogP contribution in [0.2, 0.25) is 0 Å². The number of halogens is 1. The summed E-state index contributed by atoms with van der Waals surface area (Å²) in [6.07, 6.45) is 4.03. The normalized spacial score (nSPS) is 15.8. The predicted octanol–water partition coefficient (Wildman–Crippen LogP) is 2.72. The van der Waals surface area contributed by atoms with Crippen LogP contribution in [0.25, 0.3) is 0 Å². The lowest BCUT2D eigenvalue weighted by atomic mass is 10.2. The molecule has 0 radical (unpaired) electrons. The fourth-order valence-corrected chi connectivity index (χ4v) is 1.58. The van der Waals surface area contributed by atoms with Gasteiger partial charge in [-0.1, -0.05) is 31.0 Å². The zero-order chi connectivity index (χ0) is 9.80. The van der Waals surface area contributed by atoms with Crippen molar-refractivity contribution < 1.29 is 4.39 Å². The molecule has 1 aliphatic rings. The van der Waals surface area contributed by atoms with Crippen LogP contribution in [0.1, 0.15) is 24.8 Å². The molecule has 0 atom stereocenters. The molecule has 0 heterocycles. The Hall–Kier alpha value is -0.890. The predicted molar refractivity (Wildman–Crippen MR) is 55.4 cm³/mol. The lowest BCUT2D eigenvalue weighted by Crippen LogP contribution is -2.15. The molecular formula is C12H16FN. The second-order valence-corrected chi connectivity index (χ2v) is 4.00. The Morgan fingerprint density at radius 2 is 2.07 bits per heavy atom. The largest absolute Gasteiger partial charge is 0.313 e. The first-order valence-corrected chi connectivity index (χ1v) is 5.30. The molecule has 1 aromatic carbocycles. The van der Waals surface area contributed by atoms with E-state index in [1.54, 1.807) is 6.07 Å². The summed E-state index contributed by atoms with van der Waals surface area (Å²) in [6.45, 7) is 1.67. The van der Waals surface area contributed by atoms with Crippen LogP contribution in [0, 0.1) is 11.7 Å². The van der Waals surface area contributed by atoms with Crippen molar-refractivity contribution in [3.63, 3.8) is 0 Å². The van der Waals surface area contributed by atoms with Gasteiger partial charge in [0.2, 0.25) is 0 Å². The molecule has 1 N–H and O–H groups in total. The van der Waals surface area contributed by atoms with E-state index in [-0.39, 0.29) is 5.82 Å². The van der Waals surface area contributed by atoms with Gasteiger partial charge in [-0.25, -0.2) is 4.39 Å². The highest BCUT2D eigenvalue weighted by Gasteiger charge is 2.19. The summed E-state index contributed by atoms with van der Waals surface area (Å²) < 4.78 is 13.1. The van der Waals surface area contributed by atoms with E-state index in [0.29, 0.717) is 6.54 Å². The topological polar surface area (TPSA) is 12.0 Å². The molecule has 0 amide bonds. The van der Waals surface area contributed by atoms with Crippen LogP contribution in [-0.2, 0) is 6.54 Å². The number of nitrogens with one attached hydrogen (secondary N) is 1. The molecule has 0 aromatic heterocycles. The van der Waals surface area contributed by atoms with E-state index < -0.39 is 0 Å². The summed E-state index contributed by atoms with van der Waals surface area (Å²) in [6, 6.07) is 6.95. The van der Waals surface area contributed by atoms with E-state index in [0.717, 1.165) is 18.0 Å². The Morgan fingerprint density at radius 3 is 2.79 bits per heavy atom. The van der Waals surface area contributed by atoms with Crippen LogP contribution < -0.4 is 5.32 Å². The summed E-state index contributed by atoms with van der Waals surface area (Å²) >= 11 is 0. The van der Waals surface area contributed by atoms with Gasteiger partial charge in [-0.3, -0.25) is 0 Å². The Labute approximate surface area is 84.3 Å². The lowest BCUT2D eigenvalue weighted by molar-refractivity contribution is 0.571. The van der Waals surface area contributed by atoms with E-state index in [4.69, 9.17) is 0 Å². The zero-order valence-electron chi connectivity index (χ0n) is 8.30. The summed E-state index contributed by atoms with van der Waals surface area (Å²) in [5.74, 6) is 0.842. The van der Waals surface area contributed by atoms with Crippen LogP contribution in [0.3, 0.4) is 0 Å². The molecule has 2 heteroatoms. The Morgan fingerprint density at radius 1 is 1.29 bits per heavy atom. The van der Waals surface area contributed by atoms with Crippen molar-refractivity contribution in [2.24, 2.45) is 5.92 Å². The summed E-state index contributed by atoms with van der Waals surface area (Å²) in [5, 5.41) is 3.27. The number of rotatable bonds is 5.